The Hall–Kier alpha value is -2.70. The molecule has 7 heteroatoms. The summed E-state index contributed by atoms with van der Waals surface area (Å²) in [5.74, 6) is 1.30. The maximum Gasteiger partial charge on any atom is 0.232 e. The highest BCUT2D eigenvalue weighted by Crippen LogP contribution is 2.17. The molecule has 0 bridgehead atoms. The first-order valence-electron chi connectivity index (χ1n) is 7.99. The third-order valence-electron chi connectivity index (χ3n) is 3.71. The van der Waals surface area contributed by atoms with Gasteiger partial charge in [-0.25, -0.2) is 0 Å². The van der Waals surface area contributed by atoms with Gasteiger partial charge in [-0.15, -0.1) is 0 Å². The van der Waals surface area contributed by atoms with Crippen LogP contribution in [0.5, 0.6) is 0 Å². The number of rotatable bonds is 6. The van der Waals surface area contributed by atoms with E-state index in [9.17, 15) is 0 Å². The van der Waals surface area contributed by atoms with Crippen LogP contribution in [0.2, 0.25) is 5.02 Å². The number of anilines is 3. The summed E-state index contributed by atoms with van der Waals surface area (Å²) >= 11 is 5.90. The van der Waals surface area contributed by atoms with Gasteiger partial charge in [0.05, 0.1) is 0 Å². The number of aromatic nitrogens is 3. The molecule has 0 atom stereocenters. The van der Waals surface area contributed by atoms with Crippen LogP contribution in [0.15, 0.2) is 48.5 Å². The van der Waals surface area contributed by atoms with Crippen LogP contribution in [0.3, 0.4) is 0 Å². The molecule has 1 aromatic heterocycles. The molecule has 6 nitrogen and oxygen atoms in total. The van der Waals surface area contributed by atoms with Gasteiger partial charge in [-0.3, -0.25) is 0 Å². The first-order valence-corrected chi connectivity index (χ1v) is 8.37. The molecule has 0 aliphatic heterocycles. The Kier molecular flexibility index (Phi) is 5.42. The zero-order chi connectivity index (χ0) is 17.6. The molecule has 2 aromatic carbocycles. The van der Waals surface area contributed by atoms with Crippen molar-refractivity contribution in [3.05, 3.63) is 70.5 Å². The van der Waals surface area contributed by atoms with Crippen molar-refractivity contribution in [2.75, 3.05) is 11.1 Å². The molecular formula is C18H20ClN6+. The van der Waals surface area contributed by atoms with Crippen molar-refractivity contribution < 1.29 is 5.32 Å². The van der Waals surface area contributed by atoms with E-state index in [1.165, 1.54) is 5.56 Å². The lowest BCUT2D eigenvalue weighted by molar-refractivity contribution is -0.687. The van der Waals surface area contributed by atoms with Gasteiger partial charge in [0, 0.05) is 16.3 Å². The minimum Gasteiger partial charge on any atom is -0.368 e. The molecule has 25 heavy (non-hydrogen) atoms. The Morgan fingerprint density at radius 3 is 2.52 bits per heavy atom. The molecule has 0 fully saturated rings. The second-order valence-electron chi connectivity index (χ2n) is 5.70. The molecule has 128 valence electrons. The molecule has 0 aliphatic rings. The lowest BCUT2D eigenvalue weighted by atomic mass is 10.2. The van der Waals surface area contributed by atoms with Crippen molar-refractivity contribution in [2.45, 2.75) is 20.0 Å². The molecule has 1 heterocycles. The maximum absolute atomic E-state index is 5.90. The van der Waals surface area contributed by atoms with Crippen molar-refractivity contribution >= 4 is 29.2 Å². The maximum atomic E-state index is 5.90. The van der Waals surface area contributed by atoms with E-state index in [4.69, 9.17) is 17.3 Å². The summed E-state index contributed by atoms with van der Waals surface area (Å²) in [5.41, 5.74) is 9.06. The summed E-state index contributed by atoms with van der Waals surface area (Å²) in [6.45, 7) is 3.44. The second-order valence-corrected chi connectivity index (χ2v) is 6.13. The molecule has 0 amide bonds. The highest BCUT2D eigenvalue weighted by atomic mass is 35.5. The predicted octanol–water partition coefficient (Wildman–Crippen LogP) is 2.42. The Bertz CT molecular complexity index is 850. The molecular weight excluding hydrogens is 336 g/mol. The van der Waals surface area contributed by atoms with Gasteiger partial charge in [-0.05, 0) is 30.7 Å². The number of quaternary nitrogens is 1. The Morgan fingerprint density at radius 2 is 1.76 bits per heavy atom. The van der Waals surface area contributed by atoms with E-state index in [2.05, 4.69) is 25.6 Å². The fourth-order valence-corrected chi connectivity index (χ4v) is 2.53. The average Bonchev–Trinajstić information content (AvgIpc) is 2.58. The lowest BCUT2D eigenvalue weighted by Gasteiger charge is -2.09. The smallest absolute Gasteiger partial charge is 0.232 e. The van der Waals surface area contributed by atoms with Crippen LogP contribution >= 0.6 is 11.6 Å². The molecule has 3 aromatic rings. The summed E-state index contributed by atoms with van der Waals surface area (Å²) in [4.78, 5) is 12.8. The minimum absolute atomic E-state index is 0.209. The SMILES string of the molecule is Cc1ccccc1Nc1nc(N)nc(C[NH2+]Cc2ccc(Cl)cc2)n1. The third-order valence-corrected chi connectivity index (χ3v) is 3.96. The molecule has 0 aliphatic carbocycles. The van der Waals surface area contributed by atoms with Crippen molar-refractivity contribution in [1.82, 2.24) is 15.0 Å². The van der Waals surface area contributed by atoms with Gasteiger partial charge >= 0.3 is 0 Å². The highest BCUT2D eigenvalue weighted by molar-refractivity contribution is 6.30. The van der Waals surface area contributed by atoms with Crippen molar-refractivity contribution in [2.24, 2.45) is 0 Å². The van der Waals surface area contributed by atoms with Gasteiger partial charge in [-0.2, -0.15) is 15.0 Å². The van der Waals surface area contributed by atoms with E-state index in [0.717, 1.165) is 22.8 Å². The van der Waals surface area contributed by atoms with E-state index in [-0.39, 0.29) is 5.95 Å². The Labute approximate surface area is 151 Å². The van der Waals surface area contributed by atoms with Gasteiger partial charge in [0.15, 0.2) is 5.82 Å². The number of hydrogen-bond acceptors (Lipinski definition) is 5. The number of benzene rings is 2. The predicted molar refractivity (Wildman–Crippen MR) is 99.5 cm³/mol. The summed E-state index contributed by atoms with van der Waals surface area (Å²) in [6.07, 6.45) is 0. The van der Waals surface area contributed by atoms with Crippen molar-refractivity contribution in [3.8, 4) is 0 Å². The first-order chi connectivity index (χ1) is 12.1. The third kappa shape index (κ3) is 4.89. The molecule has 3 rings (SSSR count). The van der Waals surface area contributed by atoms with Crippen molar-refractivity contribution in [3.63, 3.8) is 0 Å². The fourth-order valence-electron chi connectivity index (χ4n) is 2.41. The number of para-hydroxylation sites is 1. The minimum atomic E-state index is 0.209. The monoisotopic (exact) mass is 355 g/mol. The number of nitrogen functional groups attached to an aromatic ring is 1. The highest BCUT2D eigenvalue weighted by Gasteiger charge is 2.08. The van der Waals surface area contributed by atoms with Crippen LogP contribution in [-0.2, 0) is 13.1 Å². The first kappa shape index (κ1) is 17.1. The van der Waals surface area contributed by atoms with E-state index in [1.54, 1.807) is 0 Å². The van der Waals surface area contributed by atoms with Gasteiger partial charge in [0.2, 0.25) is 11.9 Å². The van der Waals surface area contributed by atoms with Gasteiger partial charge < -0.3 is 16.4 Å². The lowest BCUT2D eigenvalue weighted by Crippen LogP contribution is -2.81. The number of halogens is 1. The zero-order valence-corrected chi connectivity index (χ0v) is 14.7. The van der Waals surface area contributed by atoms with E-state index >= 15 is 0 Å². The standard InChI is InChI=1S/C18H19ClN6/c1-12-4-2-3-5-15(12)22-18-24-16(23-17(20)25-18)11-21-10-13-6-8-14(19)9-7-13/h2-9,21H,10-11H2,1H3,(H3,20,22,23,24,25)/p+1. The van der Waals surface area contributed by atoms with Crippen LogP contribution in [0.25, 0.3) is 0 Å². The number of hydrogen-bond donors (Lipinski definition) is 3. The summed E-state index contributed by atoms with van der Waals surface area (Å²) in [5, 5.41) is 6.04. The Morgan fingerprint density at radius 1 is 1.00 bits per heavy atom. The van der Waals surface area contributed by atoms with Crippen LogP contribution < -0.4 is 16.4 Å². The number of nitrogens with zero attached hydrogens (tertiary/aromatic N) is 3. The number of nitrogens with one attached hydrogen (secondary N) is 1. The largest absolute Gasteiger partial charge is 0.368 e. The molecule has 5 N–H and O–H groups in total. The van der Waals surface area contributed by atoms with Crippen LogP contribution in [0.4, 0.5) is 17.6 Å². The van der Waals surface area contributed by atoms with Gasteiger partial charge in [0.1, 0.15) is 13.1 Å². The molecule has 0 saturated heterocycles. The van der Waals surface area contributed by atoms with Crippen LogP contribution in [-0.4, -0.2) is 15.0 Å². The van der Waals surface area contributed by atoms with E-state index < -0.39 is 0 Å². The normalized spacial score (nSPS) is 10.6. The molecule has 0 spiro atoms. The molecule has 0 saturated carbocycles. The molecule has 0 unspecified atom stereocenters. The fraction of sp³-hybridized carbons (Fsp3) is 0.167. The summed E-state index contributed by atoms with van der Waals surface area (Å²) in [6, 6.07) is 15.7. The van der Waals surface area contributed by atoms with Gasteiger partial charge in [-0.1, -0.05) is 41.9 Å². The number of aryl methyl sites for hydroxylation is 1. The number of nitrogens with two attached hydrogens (primary N) is 2. The van der Waals surface area contributed by atoms with Gasteiger partial charge in [0.25, 0.3) is 0 Å². The van der Waals surface area contributed by atoms with Crippen LogP contribution in [0.1, 0.15) is 17.0 Å². The van der Waals surface area contributed by atoms with Crippen molar-refractivity contribution in [1.29, 1.82) is 0 Å². The zero-order valence-electron chi connectivity index (χ0n) is 13.9. The average molecular weight is 356 g/mol. The molecule has 0 radical (unpaired) electrons. The van der Waals surface area contributed by atoms with Crippen LogP contribution in [0, 0.1) is 6.92 Å². The second kappa shape index (κ2) is 7.92. The topological polar surface area (TPSA) is 93.3 Å². The van der Waals surface area contributed by atoms with E-state index in [1.807, 2.05) is 55.5 Å². The summed E-state index contributed by atoms with van der Waals surface area (Å²) in [7, 11) is 0. The quantitative estimate of drug-likeness (QED) is 0.631. The Balaban J connectivity index is 1.65. The van der Waals surface area contributed by atoms with E-state index in [0.29, 0.717) is 18.3 Å². The summed E-state index contributed by atoms with van der Waals surface area (Å²) < 4.78 is 0.